The van der Waals surface area contributed by atoms with Crippen LogP contribution >= 0.6 is 0 Å². The highest BCUT2D eigenvalue weighted by Crippen LogP contribution is 2.37. The highest BCUT2D eigenvalue weighted by Gasteiger charge is 2.41. The second-order valence-corrected chi connectivity index (χ2v) is 7.30. The summed E-state index contributed by atoms with van der Waals surface area (Å²) in [5, 5.41) is 12.4. The van der Waals surface area contributed by atoms with Crippen molar-refractivity contribution in [2.45, 2.75) is 39.0 Å². The van der Waals surface area contributed by atoms with Gasteiger partial charge < -0.3 is 15.2 Å². The van der Waals surface area contributed by atoms with Crippen LogP contribution in [0, 0.1) is 20.8 Å². The van der Waals surface area contributed by atoms with Crippen molar-refractivity contribution in [3.8, 4) is 0 Å². The van der Waals surface area contributed by atoms with E-state index >= 15 is 0 Å². The van der Waals surface area contributed by atoms with Crippen LogP contribution in [0.2, 0.25) is 0 Å². The fourth-order valence-corrected chi connectivity index (χ4v) is 3.70. The van der Waals surface area contributed by atoms with Gasteiger partial charge in [0.1, 0.15) is 0 Å². The van der Waals surface area contributed by atoms with Crippen LogP contribution in [-0.2, 0) is 14.9 Å². The van der Waals surface area contributed by atoms with E-state index in [1.54, 1.807) is 19.1 Å². The molecule has 5 nitrogen and oxygen atoms in total. The summed E-state index contributed by atoms with van der Waals surface area (Å²) >= 11 is 0. The number of nitrogens with one attached hydrogen (secondary N) is 1. The van der Waals surface area contributed by atoms with Gasteiger partial charge in [0.2, 0.25) is 5.91 Å². The van der Waals surface area contributed by atoms with E-state index < -0.39 is 11.4 Å². The average Bonchev–Trinajstić information content (AvgIpc) is 2.64. The Bertz CT molecular complexity index is 865. The first-order chi connectivity index (χ1) is 12.8. The molecule has 27 heavy (non-hydrogen) atoms. The number of anilines is 1. The smallest absolute Gasteiger partial charge is 0.336 e. The SMILES string of the molecule is Cc1ccc(C2(C(=O)Nc3cc(C(=O)O)c(C)cc3C)CCOCC2)cc1. The number of ether oxygens (including phenoxy) is 1. The lowest BCUT2D eigenvalue weighted by Gasteiger charge is -2.36. The molecule has 1 amide bonds. The number of hydrogen-bond donors (Lipinski definition) is 2. The van der Waals surface area contributed by atoms with Gasteiger partial charge in [-0.1, -0.05) is 35.9 Å². The summed E-state index contributed by atoms with van der Waals surface area (Å²) in [5.41, 5.74) is 3.70. The molecule has 1 aliphatic heterocycles. The van der Waals surface area contributed by atoms with Crippen molar-refractivity contribution in [2.75, 3.05) is 18.5 Å². The molecule has 0 saturated carbocycles. The van der Waals surface area contributed by atoms with Crippen LogP contribution in [-0.4, -0.2) is 30.2 Å². The molecule has 2 aromatic rings. The van der Waals surface area contributed by atoms with Crippen LogP contribution in [0.3, 0.4) is 0 Å². The largest absolute Gasteiger partial charge is 0.478 e. The van der Waals surface area contributed by atoms with Gasteiger partial charge in [0.25, 0.3) is 0 Å². The van der Waals surface area contributed by atoms with Gasteiger partial charge >= 0.3 is 5.97 Å². The number of benzene rings is 2. The summed E-state index contributed by atoms with van der Waals surface area (Å²) in [4.78, 5) is 24.8. The molecule has 0 atom stereocenters. The Morgan fingerprint density at radius 1 is 1.00 bits per heavy atom. The van der Waals surface area contributed by atoms with Crippen molar-refractivity contribution < 1.29 is 19.4 Å². The third-order valence-corrected chi connectivity index (χ3v) is 5.44. The van der Waals surface area contributed by atoms with Crippen molar-refractivity contribution in [1.82, 2.24) is 0 Å². The van der Waals surface area contributed by atoms with Gasteiger partial charge in [-0.05, 0) is 56.4 Å². The predicted octanol–water partition coefficient (Wildman–Crippen LogP) is 4.00. The van der Waals surface area contributed by atoms with E-state index in [-0.39, 0.29) is 11.5 Å². The monoisotopic (exact) mass is 367 g/mol. The van der Waals surface area contributed by atoms with Crippen molar-refractivity contribution in [3.05, 3.63) is 64.2 Å². The van der Waals surface area contributed by atoms with Crippen LogP contribution in [0.1, 0.15) is 45.5 Å². The highest BCUT2D eigenvalue weighted by atomic mass is 16.5. The van der Waals surface area contributed by atoms with E-state index in [4.69, 9.17) is 4.74 Å². The molecular weight excluding hydrogens is 342 g/mol. The fourth-order valence-electron chi connectivity index (χ4n) is 3.70. The zero-order valence-corrected chi connectivity index (χ0v) is 16.0. The predicted molar refractivity (Wildman–Crippen MR) is 104 cm³/mol. The number of rotatable bonds is 4. The van der Waals surface area contributed by atoms with Gasteiger partial charge in [-0.25, -0.2) is 4.79 Å². The summed E-state index contributed by atoms with van der Waals surface area (Å²) in [5.74, 6) is -1.11. The fraction of sp³-hybridized carbons (Fsp3) is 0.364. The summed E-state index contributed by atoms with van der Waals surface area (Å²) in [6.45, 7) is 6.69. The lowest BCUT2D eigenvalue weighted by atomic mass is 9.73. The van der Waals surface area contributed by atoms with Crippen LogP contribution in [0.15, 0.2) is 36.4 Å². The summed E-state index contributed by atoms with van der Waals surface area (Å²) in [6, 6.07) is 11.4. The normalized spacial score (nSPS) is 16.0. The molecule has 1 saturated heterocycles. The Balaban J connectivity index is 1.98. The van der Waals surface area contributed by atoms with Gasteiger partial charge in [0.15, 0.2) is 0 Å². The number of carbonyl (C=O) groups excluding carboxylic acids is 1. The summed E-state index contributed by atoms with van der Waals surface area (Å²) in [6.07, 6.45) is 1.19. The molecule has 3 rings (SSSR count). The molecule has 1 heterocycles. The number of carbonyl (C=O) groups is 2. The van der Waals surface area contributed by atoms with Gasteiger partial charge in [-0.15, -0.1) is 0 Å². The van der Waals surface area contributed by atoms with Crippen molar-refractivity contribution >= 4 is 17.6 Å². The quantitative estimate of drug-likeness (QED) is 0.856. The molecule has 0 aromatic heterocycles. The Hall–Kier alpha value is -2.66. The molecule has 0 aliphatic carbocycles. The minimum absolute atomic E-state index is 0.113. The molecule has 142 valence electrons. The molecule has 5 heteroatoms. The lowest BCUT2D eigenvalue weighted by Crippen LogP contribution is -2.45. The lowest BCUT2D eigenvalue weighted by molar-refractivity contribution is -0.125. The first kappa shape index (κ1) is 19.1. The molecule has 0 radical (unpaired) electrons. The maximum Gasteiger partial charge on any atom is 0.336 e. The minimum Gasteiger partial charge on any atom is -0.478 e. The number of amides is 1. The number of aryl methyl sites for hydroxylation is 3. The second kappa shape index (κ2) is 7.53. The van der Waals surface area contributed by atoms with E-state index in [0.29, 0.717) is 37.3 Å². The third-order valence-electron chi connectivity index (χ3n) is 5.44. The Morgan fingerprint density at radius 3 is 2.22 bits per heavy atom. The van der Waals surface area contributed by atoms with E-state index in [2.05, 4.69) is 5.32 Å². The van der Waals surface area contributed by atoms with Crippen LogP contribution in [0.4, 0.5) is 5.69 Å². The van der Waals surface area contributed by atoms with Crippen LogP contribution in [0.5, 0.6) is 0 Å². The highest BCUT2D eigenvalue weighted by molar-refractivity contribution is 6.01. The second-order valence-electron chi connectivity index (χ2n) is 7.30. The van der Waals surface area contributed by atoms with Crippen molar-refractivity contribution in [2.24, 2.45) is 0 Å². The van der Waals surface area contributed by atoms with Gasteiger partial charge in [-0.3, -0.25) is 4.79 Å². The molecule has 1 aliphatic rings. The van der Waals surface area contributed by atoms with Crippen molar-refractivity contribution in [3.63, 3.8) is 0 Å². The Kier molecular flexibility index (Phi) is 5.33. The third kappa shape index (κ3) is 3.74. The van der Waals surface area contributed by atoms with Crippen LogP contribution in [0.25, 0.3) is 0 Å². The average molecular weight is 367 g/mol. The van der Waals surface area contributed by atoms with Crippen molar-refractivity contribution in [1.29, 1.82) is 0 Å². The molecule has 2 aromatic carbocycles. The Labute approximate surface area is 159 Å². The van der Waals surface area contributed by atoms with E-state index in [1.165, 1.54) is 0 Å². The Morgan fingerprint density at radius 2 is 1.63 bits per heavy atom. The zero-order valence-electron chi connectivity index (χ0n) is 16.0. The molecule has 0 bridgehead atoms. The number of hydrogen-bond acceptors (Lipinski definition) is 3. The zero-order chi connectivity index (χ0) is 19.6. The molecule has 2 N–H and O–H groups in total. The number of carboxylic acid groups (broad SMARTS) is 1. The standard InChI is InChI=1S/C22H25NO4/c1-14-4-6-17(7-5-14)22(8-10-27-11-9-22)21(26)23-19-13-18(20(24)25)15(2)12-16(19)3/h4-7,12-13H,8-11H2,1-3H3,(H,23,26)(H,24,25). The summed E-state index contributed by atoms with van der Waals surface area (Å²) < 4.78 is 5.50. The number of aromatic carboxylic acids is 1. The summed E-state index contributed by atoms with van der Waals surface area (Å²) in [7, 11) is 0. The maximum atomic E-state index is 13.4. The first-order valence-electron chi connectivity index (χ1n) is 9.14. The first-order valence-corrected chi connectivity index (χ1v) is 9.14. The van der Waals surface area contributed by atoms with E-state index in [9.17, 15) is 14.7 Å². The molecular formula is C22H25NO4. The minimum atomic E-state index is -0.998. The van der Waals surface area contributed by atoms with Gasteiger partial charge in [0, 0.05) is 18.9 Å². The molecule has 0 unspecified atom stereocenters. The van der Waals surface area contributed by atoms with Gasteiger partial charge in [-0.2, -0.15) is 0 Å². The van der Waals surface area contributed by atoms with E-state index in [0.717, 1.165) is 16.7 Å². The van der Waals surface area contributed by atoms with Crippen LogP contribution < -0.4 is 5.32 Å². The molecule has 0 spiro atoms. The van der Waals surface area contributed by atoms with E-state index in [1.807, 2.05) is 38.1 Å². The topological polar surface area (TPSA) is 75.6 Å². The van der Waals surface area contributed by atoms with Gasteiger partial charge in [0.05, 0.1) is 11.0 Å². The number of carboxylic acids is 1. The molecule has 1 fully saturated rings. The maximum absolute atomic E-state index is 13.4.